The molecule has 0 saturated heterocycles. The standard InChI is InChI=1S/C26H34N4O3/c1-7-19(4)30(26(31)27-18(2)3)17-21-24(20-13-9-8-10-14-20)28-29(5)25(21)33-23-16-12-11-15-22(23)32-6/h8-16,18-19H,7,17H2,1-6H3,(H,27,31). The number of amides is 2. The van der Waals surface area contributed by atoms with Gasteiger partial charge in [-0.05, 0) is 39.3 Å². The third-order valence-corrected chi connectivity index (χ3v) is 5.54. The van der Waals surface area contributed by atoms with Gasteiger partial charge in [-0.3, -0.25) is 0 Å². The Morgan fingerprint density at radius 1 is 1.06 bits per heavy atom. The molecule has 3 rings (SSSR count). The van der Waals surface area contributed by atoms with Crippen molar-refractivity contribution in [1.82, 2.24) is 20.0 Å². The van der Waals surface area contributed by atoms with E-state index in [9.17, 15) is 4.79 Å². The van der Waals surface area contributed by atoms with Crippen molar-refractivity contribution in [1.29, 1.82) is 0 Å². The average Bonchev–Trinajstić information content (AvgIpc) is 3.12. The maximum absolute atomic E-state index is 13.1. The molecule has 2 amide bonds. The minimum Gasteiger partial charge on any atom is -0.493 e. The van der Waals surface area contributed by atoms with E-state index in [1.165, 1.54) is 0 Å². The highest BCUT2D eigenvalue weighted by Gasteiger charge is 2.27. The van der Waals surface area contributed by atoms with Crippen molar-refractivity contribution in [2.45, 2.75) is 52.7 Å². The molecule has 0 aliphatic rings. The second-order valence-electron chi connectivity index (χ2n) is 8.36. The van der Waals surface area contributed by atoms with Gasteiger partial charge in [-0.15, -0.1) is 0 Å². The minimum absolute atomic E-state index is 0.0340. The van der Waals surface area contributed by atoms with Gasteiger partial charge in [0.2, 0.25) is 5.88 Å². The lowest BCUT2D eigenvalue weighted by Gasteiger charge is -2.30. The number of urea groups is 1. The van der Waals surface area contributed by atoms with E-state index in [2.05, 4.69) is 19.2 Å². The summed E-state index contributed by atoms with van der Waals surface area (Å²) in [5.74, 6) is 1.79. The maximum atomic E-state index is 13.1. The Balaban J connectivity index is 2.10. The van der Waals surface area contributed by atoms with Gasteiger partial charge in [0, 0.05) is 24.7 Å². The Morgan fingerprint density at radius 3 is 2.30 bits per heavy atom. The van der Waals surface area contributed by atoms with Gasteiger partial charge in [0.1, 0.15) is 5.69 Å². The van der Waals surface area contributed by atoms with Crippen LogP contribution in [0.1, 0.15) is 39.7 Å². The van der Waals surface area contributed by atoms with Gasteiger partial charge < -0.3 is 19.7 Å². The maximum Gasteiger partial charge on any atom is 0.318 e. The van der Waals surface area contributed by atoms with E-state index in [1.807, 2.05) is 80.4 Å². The first kappa shape index (κ1) is 24.2. The van der Waals surface area contributed by atoms with Gasteiger partial charge in [-0.25, -0.2) is 9.48 Å². The van der Waals surface area contributed by atoms with E-state index in [0.717, 1.165) is 23.2 Å². The van der Waals surface area contributed by atoms with Crippen molar-refractivity contribution < 1.29 is 14.3 Å². The number of methoxy groups -OCH3 is 1. The van der Waals surface area contributed by atoms with Crippen molar-refractivity contribution in [3.05, 3.63) is 60.2 Å². The molecule has 0 radical (unpaired) electrons. The Bertz CT molecular complexity index is 1060. The van der Waals surface area contributed by atoms with Crippen molar-refractivity contribution in [2.75, 3.05) is 7.11 Å². The molecule has 0 bridgehead atoms. The molecule has 7 nitrogen and oxygen atoms in total. The number of nitrogens with one attached hydrogen (secondary N) is 1. The first-order valence-corrected chi connectivity index (χ1v) is 11.3. The number of benzene rings is 2. The fraction of sp³-hybridized carbons (Fsp3) is 0.385. The molecule has 176 valence electrons. The number of aryl methyl sites for hydroxylation is 1. The molecule has 33 heavy (non-hydrogen) atoms. The second kappa shape index (κ2) is 10.9. The van der Waals surface area contributed by atoms with Gasteiger partial charge in [-0.2, -0.15) is 5.10 Å². The molecule has 0 spiro atoms. The van der Waals surface area contributed by atoms with E-state index < -0.39 is 0 Å². The normalized spacial score (nSPS) is 11.8. The Labute approximate surface area is 196 Å². The van der Waals surface area contributed by atoms with Crippen molar-refractivity contribution in [2.24, 2.45) is 7.05 Å². The molecule has 2 aromatic carbocycles. The zero-order chi connectivity index (χ0) is 24.0. The number of hydrogen-bond donors (Lipinski definition) is 1. The number of ether oxygens (including phenoxy) is 2. The predicted molar refractivity (Wildman–Crippen MR) is 131 cm³/mol. The van der Waals surface area contributed by atoms with Crippen LogP contribution in [0, 0.1) is 0 Å². The SMILES string of the molecule is CCC(C)N(Cc1c(-c2ccccc2)nn(C)c1Oc1ccccc1OC)C(=O)NC(C)C. The summed E-state index contributed by atoms with van der Waals surface area (Å²) < 4.78 is 13.6. The van der Waals surface area contributed by atoms with Crippen LogP contribution < -0.4 is 14.8 Å². The third kappa shape index (κ3) is 5.66. The monoisotopic (exact) mass is 450 g/mol. The largest absolute Gasteiger partial charge is 0.493 e. The lowest BCUT2D eigenvalue weighted by molar-refractivity contribution is 0.170. The van der Waals surface area contributed by atoms with Crippen LogP contribution in [0.15, 0.2) is 54.6 Å². The molecule has 1 unspecified atom stereocenters. The molecular weight excluding hydrogens is 416 g/mol. The summed E-state index contributed by atoms with van der Waals surface area (Å²) in [6, 6.07) is 17.4. The highest BCUT2D eigenvalue weighted by atomic mass is 16.5. The van der Waals surface area contributed by atoms with Crippen LogP contribution in [0.25, 0.3) is 11.3 Å². The van der Waals surface area contributed by atoms with Gasteiger partial charge in [-0.1, -0.05) is 49.4 Å². The zero-order valence-electron chi connectivity index (χ0n) is 20.3. The summed E-state index contributed by atoms with van der Waals surface area (Å²) in [5.41, 5.74) is 2.59. The van der Waals surface area contributed by atoms with Crippen LogP contribution in [0.3, 0.4) is 0 Å². The molecule has 0 fully saturated rings. The first-order chi connectivity index (χ1) is 15.8. The molecule has 1 aromatic heterocycles. The molecule has 3 aromatic rings. The van der Waals surface area contributed by atoms with E-state index in [-0.39, 0.29) is 18.1 Å². The second-order valence-corrected chi connectivity index (χ2v) is 8.36. The van der Waals surface area contributed by atoms with E-state index in [1.54, 1.807) is 11.8 Å². The molecule has 7 heteroatoms. The predicted octanol–water partition coefficient (Wildman–Crippen LogP) is 5.61. The van der Waals surface area contributed by atoms with Gasteiger partial charge in [0.25, 0.3) is 0 Å². The minimum atomic E-state index is -0.106. The molecule has 1 atom stereocenters. The lowest BCUT2D eigenvalue weighted by Crippen LogP contribution is -2.46. The fourth-order valence-electron chi connectivity index (χ4n) is 3.61. The average molecular weight is 451 g/mol. The number of rotatable bonds is 9. The quantitative estimate of drug-likeness (QED) is 0.460. The summed E-state index contributed by atoms with van der Waals surface area (Å²) in [4.78, 5) is 15.0. The Morgan fingerprint density at radius 2 is 1.70 bits per heavy atom. The van der Waals surface area contributed by atoms with Crippen LogP contribution in [0.5, 0.6) is 17.4 Å². The molecule has 0 aliphatic heterocycles. The number of hydrogen-bond acceptors (Lipinski definition) is 4. The van der Waals surface area contributed by atoms with Crippen LogP contribution in [-0.2, 0) is 13.6 Å². The van der Waals surface area contributed by atoms with Crippen molar-refractivity contribution in [3.63, 3.8) is 0 Å². The number of aromatic nitrogens is 2. The first-order valence-electron chi connectivity index (χ1n) is 11.3. The Hall–Kier alpha value is -3.48. The molecular formula is C26H34N4O3. The summed E-state index contributed by atoms with van der Waals surface area (Å²) in [5, 5.41) is 7.81. The van der Waals surface area contributed by atoms with Gasteiger partial charge in [0.15, 0.2) is 11.5 Å². The summed E-state index contributed by atoms with van der Waals surface area (Å²) in [7, 11) is 3.46. The van der Waals surface area contributed by atoms with Gasteiger partial charge >= 0.3 is 6.03 Å². The zero-order valence-corrected chi connectivity index (χ0v) is 20.3. The fourth-order valence-corrected chi connectivity index (χ4v) is 3.61. The smallest absolute Gasteiger partial charge is 0.318 e. The third-order valence-electron chi connectivity index (χ3n) is 5.54. The number of carbonyl (C=O) groups is 1. The summed E-state index contributed by atoms with van der Waals surface area (Å²) in [6.07, 6.45) is 0.829. The highest BCUT2D eigenvalue weighted by molar-refractivity contribution is 5.76. The van der Waals surface area contributed by atoms with Crippen molar-refractivity contribution in [3.8, 4) is 28.6 Å². The van der Waals surface area contributed by atoms with Crippen LogP contribution in [0.4, 0.5) is 4.79 Å². The molecule has 1 heterocycles. The lowest BCUT2D eigenvalue weighted by atomic mass is 10.1. The summed E-state index contributed by atoms with van der Waals surface area (Å²) in [6.45, 7) is 8.41. The van der Waals surface area contributed by atoms with E-state index in [4.69, 9.17) is 14.6 Å². The molecule has 0 aliphatic carbocycles. The molecule has 1 N–H and O–H groups in total. The van der Waals surface area contributed by atoms with E-state index >= 15 is 0 Å². The molecule has 0 saturated carbocycles. The van der Waals surface area contributed by atoms with Crippen molar-refractivity contribution >= 4 is 6.03 Å². The number of para-hydroxylation sites is 2. The van der Waals surface area contributed by atoms with E-state index in [0.29, 0.717) is 23.9 Å². The van der Waals surface area contributed by atoms with Gasteiger partial charge in [0.05, 0.1) is 19.2 Å². The highest BCUT2D eigenvalue weighted by Crippen LogP contribution is 2.37. The number of nitrogens with zero attached hydrogens (tertiary/aromatic N) is 3. The summed E-state index contributed by atoms with van der Waals surface area (Å²) >= 11 is 0. The van der Waals surface area contributed by atoms with Crippen LogP contribution in [0.2, 0.25) is 0 Å². The topological polar surface area (TPSA) is 68.6 Å². The Kier molecular flexibility index (Phi) is 7.98. The van der Waals surface area contributed by atoms with Crippen LogP contribution >= 0.6 is 0 Å². The number of carbonyl (C=O) groups excluding carboxylic acids is 1. The van der Waals surface area contributed by atoms with Crippen LogP contribution in [-0.4, -0.2) is 39.9 Å².